The van der Waals surface area contributed by atoms with E-state index in [9.17, 15) is 5.11 Å². The molecule has 0 atom stereocenters. The minimum Gasteiger partial charge on any atom is -0.508 e. The molecule has 0 bridgehead atoms. The zero-order valence-corrected chi connectivity index (χ0v) is 11.4. The van der Waals surface area contributed by atoms with E-state index in [1.807, 2.05) is 12.1 Å². The molecule has 0 radical (unpaired) electrons. The van der Waals surface area contributed by atoms with E-state index in [1.165, 1.54) is 11.1 Å². The number of benzene rings is 1. The number of rotatable bonds is 4. The molecule has 100 valence electrons. The fourth-order valence-electron chi connectivity index (χ4n) is 2.40. The summed E-state index contributed by atoms with van der Waals surface area (Å²) in [5.41, 5.74) is 2.47. The highest BCUT2D eigenvalue weighted by Crippen LogP contribution is 2.22. The molecule has 1 heterocycles. The lowest BCUT2D eigenvalue weighted by Crippen LogP contribution is -2.44. The van der Waals surface area contributed by atoms with E-state index in [2.05, 4.69) is 30.1 Å². The first-order valence-electron chi connectivity index (χ1n) is 6.91. The third kappa shape index (κ3) is 3.72. The summed E-state index contributed by atoms with van der Waals surface area (Å²) in [7, 11) is 0. The van der Waals surface area contributed by atoms with Crippen molar-refractivity contribution < 1.29 is 5.11 Å². The van der Waals surface area contributed by atoms with E-state index in [0.717, 1.165) is 39.1 Å². The van der Waals surface area contributed by atoms with Gasteiger partial charge in [0, 0.05) is 32.7 Å². The molecule has 0 amide bonds. The van der Waals surface area contributed by atoms with Crippen molar-refractivity contribution in [3.05, 3.63) is 29.3 Å². The van der Waals surface area contributed by atoms with Gasteiger partial charge in [-0.15, -0.1) is 0 Å². The Bertz CT molecular complexity index is 384. The molecule has 2 rings (SSSR count). The fraction of sp³-hybridized carbons (Fsp3) is 0.600. The molecule has 1 saturated heterocycles. The zero-order chi connectivity index (χ0) is 13.0. The van der Waals surface area contributed by atoms with Crippen LogP contribution in [0.2, 0.25) is 0 Å². The third-order valence-electron chi connectivity index (χ3n) is 3.59. The number of hydrogen-bond donors (Lipinski definition) is 2. The van der Waals surface area contributed by atoms with Crippen molar-refractivity contribution in [3.63, 3.8) is 0 Å². The summed E-state index contributed by atoms with van der Waals surface area (Å²) in [6.07, 6.45) is 1.02. The lowest BCUT2D eigenvalue weighted by atomic mass is 9.99. The SMILES string of the molecule is CC(C)c1cc(O)cc(CCN2CCNCC2)c1. The normalized spacial score (nSPS) is 17.3. The number of aromatic hydroxyl groups is 1. The van der Waals surface area contributed by atoms with Gasteiger partial charge in [-0.2, -0.15) is 0 Å². The number of phenols is 1. The standard InChI is InChI=1S/C15H24N2O/c1-12(2)14-9-13(10-15(18)11-14)3-6-17-7-4-16-5-8-17/h9-12,16,18H,3-8H2,1-2H3. The molecule has 18 heavy (non-hydrogen) atoms. The second kappa shape index (κ2) is 6.21. The average molecular weight is 248 g/mol. The van der Waals surface area contributed by atoms with E-state index in [-0.39, 0.29) is 0 Å². The maximum Gasteiger partial charge on any atom is 0.116 e. The largest absolute Gasteiger partial charge is 0.508 e. The van der Waals surface area contributed by atoms with Crippen LogP contribution < -0.4 is 5.32 Å². The van der Waals surface area contributed by atoms with E-state index < -0.39 is 0 Å². The number of nitrogens with one attached hydrogen (secondary N) is 1. The minimum absolute atomic E-state index is 0.400. The second-order valence-electron chi connectivity index (χ2n) is 5.43. The van der Waals surface area contributed by atoms with Crippen molar-refractivity contribution in [2.75, 3.05) is 32.7 Å². The Morgan fingerprint density at radius 1 is 1.22 bits per heavy atom. The van der Waals surface area contributed by atoms with Gasteiger partial charge >= 0.3 is 0 Å². The lowest BCUT2D eigenvalue weighted by Gasteiger charge is -2.27. The molecule has 0 aliphatic carbocycles. The van der Waals surface area contributed by atoms with Crippen LogP contribution in [0.5, 0.6) is 5.75 Å². The molecule has 3 nitrogen and oxygen atoms in total. The van der Waals surface area contributed by atoms with Crippen LogP contribution in [0.25, 0.3) is 0 Å². The van der Waals surface area contributed by atoms with E-state index in [0.29, 0.717) is 11.7 Å². The smallest absolute Gasteiger partial charge is 0.116 e. The van der Waals surface area contributed by atoms with Gasteiger partial charge in [-0.05, 0) is 35.6 Å². The Morgan fingerprint density at radius 2 is 1.94 bits per heavy atom. The Labute approximate surface area is 110 Å². The van der Waals surface area contributed by atoms with Crippen LogP contribution in [0.15, 0.2) is 18.2 Å². The summed E-state index contributed by atoms with van der Waals surface area (Å²) in [6, 6.07) is 6.00. The summed E-state index contributed by atoms with van der Waals surface area (Å²) in [4.78, 5) is 2.48. The molecule has 1 aromatic rings. The first-order chi connectivity index (χ1) is 8.65. The maximum atomic E-state index is 9.76. The quantitative estimate of drug-likeness (QED) is 0.855. The number of hydrogen-bond acceptors (Lipinski definition) is 3. The van der Waals surface area contributed by atoms with Gasteiger partial charge in [-0.25, -0.2) is 0 Å². The predicted octanol–water partition coefficient (Wildman–Crippen LogP) is 1.96. The molecule has 1 aliphatic heterocycles. The number of nitrogens with zero attached hydrogens (tertiary/aromatic N) is 1. The van der Waals surface area contributed by atoms with Crippen LogP contribution in [-0.2, 0) is 6.42 Å². The molecule has 0 unspecified atom stereocenters. The van der Waals surface area contributed by atoms with Gasteiger partial charge in [0.25, 0.3) is 0 Å². The number of phenolic OH excluding ortho intramolecular Hbond substituents is 1. The highest BCUT2D eigenvalue weighted by atomic mass is 16.3. The van der Waals surface area contributed by atoms with E-state index >= 15 is 0 Å². The molecular formula is C15H24N2O. The van der Waals surface area contributed by atoms with Crippen LogP contribution in [0.3, 0.4) is 0 Å². The summed E-state index contributed by atoms with van der Waals surface area (Å²) >= 11 is 0. The van der Waals surface area contributed by atoms with Gasteiger partial charge in [0.15, 0.2) is 0 Å². The van der Waals surface area contributed by atoms with E-state index in [4.69, 9.17) is 0 Å². The van der Waals surface area contributed by atoms with Crippen LogP contribution >= 0.6 is 0 Å². The molecule has 1 fully saturated rings. The molecular weight excluding hydrogens is 224 g/mol. The van der Waals surface area contributed by atoms with Crippen molar-refractivity contribution in [2.24, 2.45) is 0 Å². The van der Waals surface area contributed by atoms with Crippen LogP contribution in [0.4, 0.5) is 0 Å². The topological polar surface area (TPSA) is 35.5 Å². The summed E-state index contributed by atoms with van der Waals surface area (Å²) < 4.78 is 0. The maximum absolute atomic E-state index is 9.76. The van der Waals surface area contributed by atoms with Gasteiger partial charge < -0.3 is 15.3 Å². The van der Waals surface area contributed by atoms with Crippen LogP contribution in [0, 0.1) is 0 Å². The summed E-state index contributed by atoms with van der Waals surface area (Å²) in [5.74, 6) is 0.867. The van der Waals surface area contributed by atoms with Crippen molar-refractivity contribution in [3.8, 4) is 5.75 Å². The Hall–Kier alpha value is -1.06. The molecule has 1 aromatic carbocycles. The van der Waals surface area contributed by atoms with Gasteiger partial charge in [0.1, 0.15) is 5.75 Å². The average Bonchev–Trinajstić information content (AvgIpc) is 2.37. The highest BCUT2D eigenvalue weighted by Gasteiger charge is 2.10. The van der Waals surface area contributed by atoms with Gasteiger partial charge in [-0.3, -0.25) is 0 Å². The predicted molar refractivity (Wildman–Crippen MR) is 75.2 cm³/mol. The van der Waals surface area contributed by atoms with Crippen LogP contribution in [0.1, 0.15) is 30.9 Å². The van der Waals surface area contributed by atoms with Crippen molar-refractivity contribution in [2.45, 2.75) is 26.2 Å². The first-order valence-corrected chi connectivity index (χ1v) is 6.91. The molecule has 3 heteroatoms. The van der Waals surface area contributed by atoms with Crippen molar-refractivity contribution >= 4 is 0 Å². The summed E-state index contributed by atoms with van der Waals surface area (Å²) in [5, 5.41) is 13.1. The highest BCUT2D eigenvalue weighted by molar-refractivity contribution is 5.35. The van der Waals surface area contributed by atoms with Gasteiger partial charge in [0.2, 0.25) is 0 Å². The van der Waals surface area contributed by atoms with Gasteiger partial charge in [0.05, 0.1) is 0 Å². The number of piperazine rings is 1. The Kier molecular flexibility index (Phi) is 4.61. The second-order valence-corrected chi connectivity index (χ2v) is 5.43. The Balaban J connectivity index is 1.95. The molecule has 2 N–H and O–H groups in total. The zero-order valence-electron chi connectivity index (χ0n) is 11.4. The van der Waals surface area contributed by atoms with E-state index in [1.54, 1.807) is 0 Å². The molecule has 0 aromatic heterocycles. The molecule has 0 spiro atoms. The molecule has 1 aliphatic rings. The van der Waals surface area contributed by atoms with Crippen molar-refractivity contribution in [1.29, 1.82) is 0 Å². The monoisotopic (exact) mass is 248 g/mol. The summed E-state index contributed by atoms with van der Waals surface area (Å²) in [6.45, 7) is 9.87. The van der Waals surface area contributed by atoms with Gasteiger partial charge in [-0.1, -0.05) is 19.9 Å². The molecule has 0 saturated carbocycles. The first kappa shape index (κ1) is 13.4. The van der Waals surface area contributed by atoms with Crippen molar-refractivity contribution in [1.82, 2.24) is 10.2 Å². The Morgan fingerprint density at radius 3 is 2.61 bits per heavy atom. The third-order valence-corrected chi connectivity index (χ3v) is 3.59. The van der Waals surface area contributed by atoms with Crippen LogP contribution in [-0.4, -0.2) is 42.7 Å². The minimum atomic E-state index is 0.400. The fourth-order valence-corrected chi connectivity index (χ4v) is 2.40. The lowest BCUT2D eigenvalue weighted by molar-refractivity contribution is 0.244.